The summed E-state index contributed by atoms with van der Waals surface area (Å²) in [4.78, 5) is 28.4. The summed E-state index contributed by atoms with van der Waals surface area (Å²) in [6.45, 7) is 6.23. The SMILES string of the molecule is CC(=O)Nc1cc2c(cn1)COc1cc(OCC(CCC(F)(F)F)N(C(=O)O)C(C)(C)C)ccc1-2. The van der Waals surface area contributed by atoms with Crippen molar-refractivity contribution in [2.75, 3.05) is 11.9 Å². The fourth-order valence-corrected chi connectivity index (χ4v) is 3.99. The number of rotatable bonds is 7. The number of halogens is 3. The van der Waals surface area contributed by atoms with Crippen LogP contribution in [0.5, 0.6) is 11.5 Å². The third-order valence-electron chi connectivity index (χ3n) is 5.41. The van der Waals surface area contributed by atoms with Crippen molar-refractivity contribution >= 4 is 17.8 Å². The lowest BCUT2D eigenvalue weighted by Gasteiger charge is -2.39. The first-order chi connectivity index (χ1) is 16.2. The fraction of sp³-hybridized carbons (Fsp3) is 0.458. The maximum absolute atomic E-state index is 12.9. The molecule has 0 bridgehead atoms. The Morgan fingerprint density at radius 1 is 1.23 bits per heavy atom. The molecule has 2 amide bonds. The zero-order valence-corrected chi connectivity index (χ0v) is 19.9. The maximum atomic E-state index is 12.9. The van der Waals surface area contributed by atoms with Gasteiger partial charge < -0.3 is 19.9 Å². The van der Waals surface area contributed by atoms with E-state index in [4.69, 9.17) is 9.47 Å². The summed E-state index contributed by atoms with van der Waals surface area (Å²) in [6, 6.07) is 5.71. The molecule has 0 spiro atoms. The minimum Gasteiger partial charge on any atom is -0.491 e. The zero-order valence-electron chi connectivity index (χ0n) is 19.9. The number of nitrogens with one attached hydrogen (secondary N) is 1. The summed E-state index contributed by atoms with van der Waals surface area (Å²) in [7, 11) is 0. The van der Waals surface area contributed by atoms with Crippen LogP contribution in [0.25, 0.3) is 11.1 Å². The number of anilines is 1. The minimum atomic E-state index is -4.42. The van der Waals surface area contributed by atoms with Gasteiger partial charge in [0, 0.05) is 42.3 Å². The minimum absolute atomic E-state index is 0.240. The molecule has 2 N–H and O–H groups in total. The van der Waals surface area contributed by atoms with Gasteiger partial charge in [-0.3, -0.25) is 9.69 Å². The van der Waals surface area contributed by atoms with Gasteiger partial charge in [0.25, 0.3) is 0 Å². The predicted molar refractivity (Wildman–Crippen MR) is 122 cm³/mol. The topological polar surface area (TPSA) is 101 Å². The number of benzene rings is 1. The van der Waals surface area contributed by atoms with E-state index in [1.54, 1.807) is 51.2 Å². The van der Waals surface area contributed by atoms with Crippen LogP contribution in [0.15, 0.2) is 30.5 Å². The average Bonchev–Trinajstić information content (AvgIpc) is 2.73. The maximum Gasteiger partial charge on any atom is 0.408 e. The van der Waals surface area contributed by atoms with Crippen molar-refractivity contribution in [3.8, 4) is 22.6 Å². The van der Waals surface area contributed by atoms with E-state index in [1.165, 1.54) is 6.92 Å². The first kappa shape index (κ1) is 26.1. The molecule has 0 saturated carbocycles. The van der Waals surface area contributed by atoms with Gasteiger partial charge in [-0.15, -0.1) is 0 Å². The van der Waals surface area contributed by atoms with Crippen LogP contribution in [0.2, 0.25) is 0 Å². The van der Waals surface area contributed by atoms with Gasteiger partial charge in [-0.2, -0.15) is 13.2 Å². The lowest BCUT2D eigenvalue weighted by Crippen LogP contribution is -2.53. The normalized spacial score (nSPS) is 13.7. The Morgan fingerprint density at radius 3 is 2.54 bits per heavy atom. The second-order valence-corrected chi connectivity index (χ2v) is 9.30. The quantitative estimate of drug-likeness (QED) is 0.529. The molecule has 8 nitrogen and oxygen atoms in total. The van der Waals surface area contributed by atoms with Crippen LogP contribution < -0.4 is 14.8 Å². The zero-order chi connectivity index (χ0) is 26.0. The van der Waals surface area contributed by atoms with Gasteiger partial charge in [0.15, 0.2) is 0 Å². The van der Waals surface area contributed by atoms with E-state index in [1.807, 2.05) is 0 Å². The van der Waals surface area contributed by atoms with Gasteiger partial charge in [0.05, 0.1) is 6.04 Å². The number of pyridine rings is 1. The number of aromatic nitrogens is 1. The summed E-state index contributed by atoms with van der Waals surface area (Å²) in [6.07, 6.45) is -5.68. The largest absolute Gasteiger partial charge is 0.491 e. The van der Waals surface area contributed by atoms with E-state index in [9.17, 15) is 27.9 Å². The number of hydrogen-bond donors (Lipinski definition) is 2. The summed E-state index contributed by atoms with van der Waals surface area (Å²) in [5.74, 6) is 0.972. The number of nitrogens with zero attached hydrogens (tertiary/aromatic N) is 2. The van der Waals surface area contributed by atoms with E-state index < -0.39 is 36.7 Å². The van der Waals surface area contributed by atoms with Crippen molar-refractivity contribution in [2.45, 2.75) is 64.9 Å². The van der Waals surface area contributed by atoms with E-state index in [2.05, 4.69) is 10.3 Å². The molecule has 0 fully saturated rings. The Balaban J connectivity index is 1.82. The number of alkyl halides is 3. The molecule has 190 valence electrons. The van der Waals surface area contributed by atoms with Gasteiger partial charge in [0.1, 0.15) is 30.5 Å². The third kappa shape index (κ3) is 6.77. The van der Waals surface area contributed by atoms with E-state index in [0.29, 0.717) is 17.3 Å². The smallest absolute Gasteiger partial charge is 0.408 e. The molecule has 1 aromatic carbocycles. The number of carbonyl (C=O) groups excluding carboxylic acids is 1. The van der Waals surface area contributed by atoms with Gasteiger partial charge in [-0.25, -0.2) is 9.78 Å². The van der Waals surface area contributed by atoms with Crippen LogP contribution in [-0.2, 0) is 11.4 Å². The summed E-state index contributed by atoms with van der Waals surface area (Å²) in [5.41, 5.74) is 1.47. The van der Waals surface area contributed by atoms with Gasteiger partial charge in [0.2, 0.25) is 5.91 Å². The average molecular weight is 495 g/mol. The second-order valence-electron chi connectivity index (χ2n) is 9.30. The van der Waals surface area contributed by atoms with Crippen molar-refractivity contribution in [3.63, 3.8) is 0 Å². The molecule has 0 radical (unpaired) electrons. The molecule has 2 heterocycles. The van der Waals surface area contributed by atoms with Gasteiger partial charge >= 0.3 is 12.3 Å². The van der Waals surface area contributed by atoms with Crippen molar-refractivity contribution in [3.05, 3.63) is 36.0 Å². The lowest BCUT2D eigenvalue weighted by atomic mass is 9.98. The van der Waals surface area contributed by atoms with Crippen molar-refractivity contribution in [2.24, 2.45) is 0 Å². The molecule has 1 aromatic heterocycles. The second kappa shape index (κ2) is 10.0. The number of ether oxygens (including phenoxy) is 2. The highest BCUT2D eigenvalue weighted by molar-refractivity contribution is 5.89. The molecule has 1 atom stereocenters. The summed E-state index contributed by atoms with van der Waals surface area (Å²) in [5, 5.41) is 12.3. The van der Waals surface area contributed by atoms with Crippen LogP contribution >= 0.6 is 0 Å². The number of fused-ring (bicyclic) bond motifs is 3. The molecule has 11 heteroatoms. The lowest BCUT2D eigenvalue weighted by molar-refractivity contribution is -0.139. The Kier molecular flexibility index (Phi) is 7.47. The molecule has 35 heavy (non-hydrogen) atoms. The summed E-state index contributed by atoms with van der Waals surface area (Å²) < 4.78 is 50.3. The van der Waals surface area contributed by atoms with Crippen molar-refractivity contribution in [1.82, 2.24) is 9.88 Å². The summed E-state index contributed by atoms with van der Waals surface area (Å²) >= 11 is 0. The molecule has 1 aliphatic rings. The highest BCUT2D eigenvalue weighted by Gasteiger charge is 2.37. The first-order valence-corrected chi connectivity index (χ1v) is 11.0. The Bertz CT molecular complexity index is 1100. The monoisotopic (exact) mass is 495 g/mol. The number of hydrogen-bond acceptors (Lipinski definition) is 5. The number of carbonyl (C=O) groups is 2. The Morgan fingerprint density at radius 2 is 1.94 bits per heavy atom. The highest BCUT2D eigenvalue weighted by Crippen LogP contribution is 2.40. The van der Waals surface area contributed by atoms with Gasteiger partial charge in [-0.05, 0) is 51.0 Å². The third-order valence-corrected chi connectivity index (χ3v) is 5.41. The Labute approximate surface area is 201 Å². The van der Waals surface area contributed by atoms with Crippen LogP contribution in [0.3, 0.4) is 0 Å². The van der Waals surface area contributed by atoms with Crippen molar-refractivity contribution < 1.29 is 37.3 Å². The van der Waals surface area contributed by atoms with E-state index in [-0.39, 0.29) is 19.1 Å². The predicted octanol–water partition coefficient (Wildman–Crippen LogP) is 5.47. The molecule has 3 rings (SSSR count). The molecule has 1 unspecified atom stereocenters. The van der Waals surface area contributed by atoms with Crippen LogP contribution in [0, 0.1) is 0 Å². The highest BCUT2D eigenvalue weighted by atomic mass is 19.4. The fourth-order valence-electron chi connectivity index (χ4n) is 3.99. The molecular weight excluding hydrogens is 467 g/mol. The molecule has 0 aliphatic carbocycles. The van der Waals surface area contributed by atoms with Crippen LogP contribution in [0.1, 0.15) is 46.1 Å². The molecule has 1 aliphatic heterocycles. The van der Waals surface area contributed by atoms with E-state index >= 15 is 0 Å². The van der Waals surface area contributed by atoms with Gasteiger partial charge in [-0.1, -0.05) is 0 Å². The van der Waals surface area contributed by atoms with Crippen LogP contribution in [0.4, 0.5) is 23.8 Å². The molecule has 2 aromatic rings. The standard InChI is InChI=1S/C24H28F3N3O5/c1-14(31)29-21-10-19-15(11-28-21)12-35-20-9-17(5-6-18(19)20)34-13-16(7-8-24(25,26)27)30(22(32)33)23(2,3)4/h5-6,9-11,16H,7-8,12-13H2,1-4H3,(H,32,33)(H,28,29,31). The molecular formula is C24H28F3N3O5. The first-order valence-electron chi connectivity index (χ1n) is 11.0. The van der Waals surface area contributed by atoms with E-state index in [0.717, 1.165) is 21.6 Å². The van der Waals surface area contributed by atoms with Crippen molar-refractivity contribution in [1.29, 1.82) is 0 Å². The number of carboxylic acid groups (broad SMARTS) is 1. The number of amides is 2. The Hall–Kier alpha value is -3.50. The van der Waals surface area contributed by atoms with Crippen LogP contribution in [-0.4, -0.2) is 51.4 Å². The molecule has 0 saturated heterocycles.